The molecule has 0 unspecified atom stereocenters. The summed E-state index contributed by atoms with van der Waals surface area (Å²) in [7, 11) is 0. The highest BCUT2D eigenvalue weighted by Gasteiger charge is 2.29. The maximum atomic E-state index is 12.4. The fraction of sp³-hybridized carbons (Fsp3) is 0.333. The van der Waals surface area contributed by atoms with Crippen LogP contribution in [-0.4, -0.2) is 15.0 Å². The Morgan fingerprint density at radius 3 is 2.33 bits per heavy atom. The van der Waals surface area contributed by atoms with Crippen LogP contribution in [0.15, 0.2) is 30.5 Å². The predicted molar refractivity (Wildman–Crippen MR) is 59.9 cm³/mol. The quantitative estimate of drug-likeness (QED) is 0.844. The molecule has 6 heteroatoms. The second kappa shape index (κ2) is 4.80. The van der Waals surface area contributed by atoms with Crippen LogP contribution in [0.25, 0.3) is 0 Å². The van der Waals surface area contributed by atoms with E-state index < -0.39 is 11.7 Å². The molecule has 2 rings (SSSR count). The average molecular weight is 255 g/mol. The van der Waals surface area contributed by atoms with Gasteiger partial charge in [0.2, 0.25) is 0 Å². The topological polar surface area (TPSA) is 30.7 Å². The van der Waals surface area contributed by atoms with Gasteiger partial charge < -0.3 is 0 Å². The zero-order valence-corrected chi connectivity index (χ0v) is 9.78. The molecule has 0 N–H and O–H groups in total. The Morgan fingerprint density at radius 1 is 1.17 bits per heavy atom. The first-order chi connectivity index (χ1) is 8.49. The second-order valence-electron chi connectivity index (χ2n) is 3.96. The van der Waals surface area contributed by atoms with Gasteiger partial charge in [0.05, 0.1) is 17.8 Å². The monoisotopic (exact) mass is 255 g/mol. The Morgan fingerprint density at radius 2 is 1.83 bits per heavy atom. The SMILES string of the molecule is CCc1cn(Cc2ccc(C(F)(F)F)cc2)nn1. The zero-order chi connectivity index (χ0) is 13.2. The minimum absolute atomic E-state index is 0.422. The molecular weight excluding hydrogens is 243 g/mol. The van der Waals surface area contributed by atoms with Crippen molar-refractivity contribution in [2.24, 2.45) is 0 Å². The Labute approximate surface area is 102 Å². The van der Waals surface area contributed by atoms with Crippen molar-refractivity contribution in [1.82, 2.24) is 15.0 Å². The maximum absolute atomic E-state index is 12.4. The van der Waals surface area contributed by atoms with E-state index in [-0.39, 0.29) is 0 Å². The number of rotatable bonds is 3. The Hall–Kier alpha value is -1.85. The van der Waals surface area contributed by atoms with Gasteiger partial charge in [-0.05, 0) is 24.1 Å². The van der Waals surface area contributed by atoms with Crippen molar-refractivity contribution >= 4 is 0 Å². The van der Waals surface area contributed by atoms with E-state index in [0.717, 1.165) is 29.8 Å². The van der Waals surface area contributed by atoms with Crippen LogP contribution in [0, 0.1) is 0 Å². The molecule has 1 aromatic heterocycles. The van der Waals surface area contributed by atoms with Gasteiger partial charge in [0.1, 0.15) is 0 Å². The molecule has 0 radical (unpaired) electrons. The highest BCUT2D eigenvalue weighted by atomic mass is 19.4. The molecule has 0 aliphatic rings. The number of nitrogens with zero attached hydrogens (tertiary/aromatic N) is 3. The van der Waals surface area contributed by atoms with Crippen LogP contribution < -0.4 is 0 Å². The summed E-state index contributed by atoms with van der Waals surface area (Å²) in [5.41, 5.74) is 0.983. The number of hydrogen-bond acceptors (Lipinski definition) is 2. The van der Waals surface area contributed by atoms with Crippen molar-refractivity contribution in [3.8, 4) is 0 Å². The van der Waals surface area contributed by atoms with Crippen molar-refractivity contribution in [2.45, 2.75) is 26.1 Å². The molecule has 0 atom stereocenters. The third-order valence-electron chi connectivity index (χ3n) is 2.57. The highest BCUT2D eigenvalue weighted by Crippen LogP contribution is 2.29. The molecule has 1 heterocycles. The molecular formula is C12H12F3N3. The van der Waals surface area contributed by atoms with Gasteiger partial charge >= 0.3 is 6.18 Å². The molecule has 0 saturated carbocycles. The van der Waals surface area contributed by atoms with E-state index in [4.69, 9.17) is 0 Å². The lowest BCUT2D eigenvalue weighted by Crippen LogP contribution is -2.05. The van der Waals surface area contributed by atoms with E-state index in [1.54, 1.807) is 10.9 Å². The number of alkyl halides is 3. The summed E-state index contributed by atoms with van der Waals surface area (Å²) in [5.74, 6) is 0. The Kier molecular flexibility index (Phi) is 3.36. The van der Waals surface area contributed by atoms with Gasteiger partial charge in [-0.3, -0.25) is 0 Å². The fourth-order valence-corrected chi connectivity index (χ4v) is 1.56. The molecule has 0 amide bonds. The summed E-state index contributed by atoms with van der Waals surface area (Å²) in [6, 6.07) is 5.06. The summed E-state index contributed by atoms with van der Waals surface area (Å²) in [6.07, 6.45) is -1.72. The fourth-order valence-electron chi connectivity index (χ4n) is 1.56. The first-order valence-corrected chi connectivity index (χ1v) is 5.54. The van der Waals surface area contributed by atoms with Crippen molar-refractivity contribution in [3.63, 3.8) is 0 Å². The number of hydrogen-bond donors (Lipinski definition) is 0. The van der Waals surface area contributed by atoms with Gasteiger partial charge in [-0.1, -0.05) is 24.3 Å². The molecule has 0 aliphatic heterocycles. The Bertz CT molecular complexity index is 514. The van der Waals surface area contributed by atoms with Crippen LogP contribution >= 0.6 is 0 Å². The maximum Gasteiger partial charge on any atom is 0.416 e. The van der Waals surface area contributed by atoms with E-state index in [1.807, 2.05) is 6.92 Å². The van der Waals surface area contributed by atoms with Crippen LogP contribution in [0.3, 0.4) is 0 Å². The smallest absolute Gasteiger partial charge is 0.248 e. The van der Waals surface area contributed by atoms with Crippen LogP contribution in [0.2, 0.25) is 0 Å². The van der Waals surface area contributed by atoms with Crippen molar-refractivity contribution in [2.75, 3.05) is 0 Å². The van der Waals surface area contributed by atoms with E-state index in [2.05, 4.69) is 10.3 Å². The normalized spacial score (nSPS) is 11.8. The standard InChI is InChI=1S/C12H12F3N3/c1-2-11-8-18(17-16-11)7-9-3-5-10(6-4-9)12(13,14)15/h3-6,8H,2,7H2,1H3. The minimum Gasteiger partial charge on any atom is -0.248 e. The van der Waals surface area contributed by atoms with Crippen molar-refractivity contribution in [3.05, 3.63) is 47.3 Å². The summed E-state index contributed by atoms with van der Waals surface area (Å²) < 4.78 is 38.7. The molecule has 0 fully saturated rings. The van der Waals surface area contributed by atoms with Crippen molar-refractivity contribution in [1.29, 1.82) is 0 Å². The first-order valence-electron chi connectivity index (χ1n) is 5.54. The van der Waals surface area contributed by atoms with Gasteiger partial charge in [-0.2, -0.15) is 13.2 Å². The number of benzene rings is 1. The van der Waals surface area contributed by atoms with Gasteiger partial charge in [0, 0.05) is 6.20 Å². The molecule has 2 aromatic rings. The Balaban J connectivity index is 2.11. The number of halogens is 3. The third-order valence-corrected chi connectivity index (χ3v) is 2.57. The molecule has 96 valence electrons. The van der Waals surface area contributed by atoms with Gasteiger partial charge in [0.15, 0.2) is 0 Å². The van der Waals surface area contributed by atoms with Crippen LogP contribution in [0.4, 0.5) is 13.2 Å². The van der Waals surface area contributed by atoms with Crippen LogP contribution in [0.5, 0.6) is 0 Å². The van der Waals surface area contributed by atoms with Gasteiger partial charge in [-0.15, -0.1) is 5.10 Å². The van der Waals surface area contributed by atoms with E-state index in [9.17, 15) is 13.2 Å². The van der Waals surface area contributed by atoms with Gasteiger partial charge in [0.25, 0.3) is 0 Å². The summed E-state index contributed by atoms with van der Waals surface area (Å²) >= 11 is 0. The molecule has 3 nitrogen and oxygen atoms in total. The molecule has 1 aromatic carbocycles. The van der Waals surface area contributed by atoms with Crippen LogP contribution in [-0.2, 0) is 19.1 Å². The van der Waals surface area contributed by atoms with E-state index in [1.165, 1.54) is 12.1 Å². The number of aromatic nitrogens is 3. The second-order valence-corrected chi connectivity index (χ2v) is 3.96. The largest absolute Gasteiger partial charge is 0.416 e. The lowest BCUT2D eigenvalue weighted by Gasteiger charge is -2.07. The molecule has 0 bridgehead atoms. The molecule has 18 heavy (non-hydrogen) atoms. The zero-order valence-electron chi connectivity index (χ0n) is 9.78. The molecule has 0 spiro atoms. The molecule has 0 saturated heterocycles. The number of aryl methyl sites for hydroxylation is 1. The first kappa shape index (κ1) is 12.6. The van der Waals surface area contributed by atoms with Gasteiger partial charge in [-0.25, -0.2) is 4.68 Å². The minimum atomic E-state index is -4.29. The summed E-state index contributed by atoms with van der Waals surface area (Å²) in [5, 5.41) is 7.82. The lowest BCUT2D eigenvalue weighted by molar-refractivity contribution is -0.137. The van der Waals surface area contributed by atoms with Crippen molar-refractivity contribution < 1.29 is 13.2 Å². The average Bonchev–Trinajstić information content (AvgIpc) is 2.76. The highest BCUT2D eigenvalue weighted by molar-refractivity contribution is 5.24. The predicted octanol–water partition coefficient (Wildman–Crippen LogP) is 2.91. The summed E-state index contributed by atoms with van der Waals surface area (Å²) in [4.78, 5) is 0. The van der Waals surface area contributed by atoms with E-state index in [0.29, 0.717) is 6.54 Å². The summed E-state index contributed by atoms with van der Waals surface area (Å²) in [6.45, 7) is 2.39. The molecule has 0 aliphatic carbocycles. The lowest BCUT2D eigenvalue weighted by atomic mass is 10.1. The van der Waals surface area contributed by atoms with E-state index >= 15 is 0 Å². The third kappa shape index (κ3) is 2.88. The van der Waals surface area contributed by atoms with Crippen LogP contribution in [0.1, 0.15) is 23.7 Å².